The summed E-state index contributed by atoms with van der Waals surface area (Å²) in [7, 11) is 0. The molecule has 90 valence electrons. The number of rotatable bonds is 2. The van der Waals surface area contributed by atoms with Crippen LogP contribution in [0.4, 0.5) is 0 Å². The zero-order valence-electron chi connectivity index (χ0n) is 10.1. The summed E-state index contributed by atoms with van der Waals surface area (Å²) in [5.41, 5.74) is 5.94. The van der Waals surface area contributed by atoms with Crippen LogP contribution in [-0.4, -0.2) is 23.1 Å². The SMILES string of the molecule is Cc1nc2ccc(CN3CCCCN3)cc2s1. The van der Waals surface area contributed by atoms with Gasteiger partial charge in [-0.05, 0) is 37.5 Å². The number of hydrogen-bond acceptors (Lipinski definition) is 4. The molecule has 0 spiro atoms. The van der Waals surface area contributed by atoms with E-state index in [2.05, 4.69) is 40.5 Å². The lowest BCUT2D eigenvalue weighted by atomic mass is 10.2. The minimum atomic E-state index is 0.993. The predicted octanol–water partition coefficient (Wildman–Crippen LogP) is 2.71. The van der Waals surface area contributed by atoms with Crippen LogP contribution in [0.3, 0.4) is 0 Å². The van der Waals surface area contributed by atoms with Gasteiger partial charge in [-0.3, -0.25) is 5.43 Å². The lowest BCUT2D eigenvalue weighted by Crippen LogP contribution is -2.42. The van der Waals surface area contributed by atoms with Crippen molar-refractivity contribution in [3.05, 3.63) is 28.8 Å². The van der Waals surface area contributed by atoms with Crippen molar-refractivity contribution < 1.29 is 0 Å². The molecule has 0 unspecified atom stereocenters. The molecule has 0 amide bonds. The molecule has 2 heterocycles. The van der Waals surface area contributed by atoms with Gasteiger partial charge in [0.2, 0.25) is 0 Å². The van der Waals surface area contributed by atoms with Crippen molar-refractivity contribution in [3.8, 4) is 0 Å². The zero-order valence-corrected chi connectivity index (χ0v) is 10.9. The number of hydrazine groups is 1. The Kier molecular flexibility index (Phi) is 3.09. The molecule has 1 saturated heterocycles. The molecule has 0 aliphatic carbocycles. The summed E-state index contributed by atoms with van der Waals surface area (Å²) in [6.07, 6.45) is 2.60. The van der Waals surface area contributed by atoms with E-state index in [1.165, 1.54) is 23.1 Å². The van der Waals surface area contributed by atoms with E-state index in [0.717, 1.165) is 30.2 Å². The molecule has 0 radical (unpaired) electrons. The lowest BCUT2D eigenvalue weighted by Gasteiger charge is -2.27. The Morgan fingerprint density at radius 2 is 2.35 bits per heavy atom. The van der Waals surface area contributed by atoms with Crippen molar-refractivity contribution >= 4 is 21.6 Å². The Balaban J connectivity index is 1.79. The van der Waals surface area contributed by atoms with Gasteiger partial charge in [0.15, 0.2) is 0 Å². The average Bonchev–Trinajstić information content (AvgIpc) is 2.70. The van der Waals surface area contributed by atoms with Crippen molar-refractivity contribution in [3.63, 3.8) is 0 Å². The van der Waals surface area contributed by atoms with Gasteiger partial charge in [0.1, 0.15) is 0 Å². The second kappa shape index (κ2) is 4.72. The van der Waals surface area contributed by atoms with E-state index in [4.69, 9.17) is 0 Å². The fraction of sp³-hybridized carbons (Fsp3) is 0.462. The molecule has 3 nitrogen and oxygen atoms in total. The molecule has 0 atom stereocenters. The van der Waals surface area contributed by atoms with E-state index in [9.17, 15) is 0 Å². The van der Waals surface area contributed by atoms with Crippen LogP contribution in [-0.2, 0) is 6.54 Å². The standard InChI is InChI=1S/C13H17N3S/c1-10-15-12-5-4-11(8-13(12)17-10)9-16-7-3-2-6-14-16/h4-5,8,14H,2-3,6-7,9H2,1H3. The lowest BCUT2D eigenvalue weighted by molar-refractivity contribution is 0.144. The first kappa shape index (κ1) is 11.1. The van der Waals surface area contributed by atoms with Gasteiger partial charge in [-0.2, -0.15) is 0 Å². The largest absolute Gasteiger partial charge is 0.255 e. The van der Waals surface area contributed by atoms with E-state index in [0.29, 0.717) is 0 Å². The molecule has 1 fully saturated rings. The molecule has 3 rings (SSSR count). The number of hydrogen-bond donors (Lipinski definition) is 1. The van der Waals surface area contributed by atoms with E-state index >= 15 is 0 Å². The monoisotopic (exact) mass is 247 g/mol. The van der Waals surface area contributed by atoms with Gasteiger partial charge in [0.25, 0.3) is 0 Å². The second-order valence-electron chi connectivity index (χ2n) is 4.57. The molecule has 1 aliphatic rings. The van der Waals surface area contributed by atoms with Crippen LogP contribution in [0.2, 0.25) is 0 Å². The third kappa shape index (κ3) is 2.49. The van der Waals surface area contributed by atoms with E-state index in [1.807, 2.05) is 0 Å². The summed E-state index contributed by atoms with van der Waals surface area (Å²) in [6.45, 7) is 5.32. The van der Waals surface area contributed by atoms with Crippen molar-refractivity contribution in [2.45, 2.75) is 26.3 Å². The average molecular weight is 247 g/mol. The smallest absolute Gasteiger partial charge is 0.0907 e. The molecule has 0 bridgehead atoms. The first-order valence-electron chi connectivity index (χ1n) is 6.16. The normalized spacial score (nSPS) is 17.7. The maximum Gasteiger partial charge on any atom is 0.0907 e. The third-order valence-corrected chi connectivity index (χ3v) is 4.06. The summed E-state index contributed by atoms with van der Waals surface area (Å²) in [4.78, 5) is 4.49. The summed E-state index contributed by atoms with van der Waals surface area (Å²) in [6, 6.07) is 6.60. The van der Waals surface area contributed by atoms with E-state index in [-0.39, 0.29) is 0 Å². The van der Waals surface area contributed by atoms with Crippen molar-refractivity contribution in [1.29, 1.82) is 0 Å². The fourth-order valence-corrected chi connectivity index (χ4v) is 3.17. The Labute approximate surface area is 105 Å². The number of aryl methyl sites for hydroxylation is 1. The molecular formula is C13H17N3S. The van der Waals surface area contributed by atoms with Crippen molar-refractivity contribution in [2.24, 2.45) is 0 Å². The van der Waals surface area contributed by atoms with Crippen LogP contribution in [0.25, 0.3) is 10.2 Å². The highest BCUT2D eigenvalue weighted by molar-refractivity contribution is 7.18. The van der Waals surface area contributed by atoms with Crippen LogP contribution in [0.1, 0.15) is 23.4 Å². The van der Waals surface area contributed by atoms with Gasteiger partial charge in [-0.1, -0.05) is 6.07 Å². The van der Waals surface area contributed by atoms with Crippen LogP contribution in [0, 0.1) is 6.92 Å². The van der Waals surface area contributed by atoms with Crippen LogP contribution < -0.4 is 5.43 Å². The number of thiazole rings is 1. The summed E-state index contributed by atoms with van der Waals surface area (Å²) < 4.78 is 1.30. The van der Waals surface area contributed by atoms with Crippen molar-refractivity contribution in [1.82, 2.24) is 15.4 Å². The quantitative estimate of drug-likeness (QED) is 0.884. The zero-order chi connectivity index (χ0) is 11.7. The third-order valence-electron chi connectivity index (χ3n) is 3.12. The minimum Gasteiger partial charge on any atom is -0.255 e. The number of fused-ring (bicyclic) bond motifs is 1. The topological polar surface area (TPSA) is 28.2 Å². The molecule has 17 heavy (non-hydrogen) atoms. The Hall–Kier alpha value is -0.970. The first-order chi connectivity index (χ1) is 8.31. The fourth-order valence-electron chi connectivity index (χ4n) is 2.28. The number of benzene rings is 1. The molecule has 1 aromatic heterocycles. The van der Waals surface area contributed by atoms with E-state index < -0.39 is 0 Å². The molecule has 1 N–H and O–H groups in total. The highest BCUT2D eigenvalue weighted by Crippen LogP contribution is 2.23. The predicted molar refractivity (Wildman–Crippen MR) is 72.0 cm³/mol. The number of nitrogens with zero attached hydrogens (tertiary/aromatic N) is 2. The molecule has 0 saturated carbocycles. The summed E-state index contributed by atoms with van der Waals surface area (Å²) in [5.74, 6) is 0. The second-order valence-corrected chi connectivity index (χ2v) is 5.81. The molecule has 1 aromatic carbocycles. The van der Waals surface area contributed by atoms with Gasteiger partial charge in [0, 0.05) is 19.6 Å². The number of aromatic nitrogens is 1. The number of nitrogens with one attached hydrogen (secondary N) is 1. The van der Waals surface area contributed by atoms with Crippen molar-refractivity contribution in [2.75, 3.05) is 13.1 Å². The van der Waals surface area contributed by atoms with Gasteiger partial charge < -0.3 is 0 Å². The van der Waals surface area contributed by atoms with Crippen LogP contribution in [0.15, 0.2) is 18.2 Å². The molecular weight excluding hydrogens is 230 g/mol. The highest BCUT2D eigenvalue weighted by Gasteiger charge is 2.10. The maximum atomic E-state index is 4.49. The minimum absolute atomic E-state index is 0.993. The van der Waals surface area contributed by atoms with E-state index in [1.54, 1.807) is 11.3 Å². The molecule has 1 aliphatic heterocycles. The Morgan fingerprint density at radius 3 is 3.18 bits per heavy atom. The van der Waals surface area contributed by atoms with Gasteiger partial charge >= 0.3 is 0 Å². The van der Waals surface area contributed by atoms with Gasteiger partial charge in [0.05, 0.1) is 15.2 Å². The maximum absolute atomic E-state index is 4.49. The van der Waals surface area contributed by atoms with Gasteiger partial charge in [-0.15, -0.1) is 11.3 Å². The molecule has 2 aromatic rings. The first-order valence-corrected chi connectivity index (χ1v) is 6.97. The van der Waals surface area contributed by atoms with Crippen LogP contribution >= 0.6 is 11.3 Å². The summed E-state index contributed by atoms with van der Waals surface area (Å²) >= 11 is 1.78. The highest BCUT2D eigenvalue weighted by atomic mass is 32.1. The molecule has 4 heteroatoms. The van der Waals surface area contributed by atoms with Gasteiger partial charge in [-0.25, -0.2) is 9.99 Å². The van der Waals surface area contributed by atoms with Crippen LogP contribution in [0.5, 0.6) is 0 Å². The Morgan fingerprint density at radius 1 is 1.41 bits per heavy atom. The Bertz CT molecular complexity index is 514. The summed E-state index contributed by atoms with van der Waals surface area (Å²) in [5, 5.41) is 3.46.